The number of hydrogen-bond acceptors (Lipinski definition) is 4. The van der Waals surface area contributed by atoms with E-state index in [0.29, 0.717) is 5.75 Å². The second kappa shape index (κ2) is 6.51. The van der Waals surface area contributed by atoms with Crippen molar-refractivity contribution in [3.8, 4) is 5.75 Å². The van der Waals surface area contributed by atoms with Crippen LogP contribution in [0.2, 0.25) is 0 Å². The van der Waals surface area contributed by atoms with Crippen molar-refractivity contribution in [1.29, 1.82) is 0 Å². The summed E-state index contributed by atoms with van der Waals surface area (Å²) in [5.74, 6) is -0.968. The number of carboxylic acid groups (broad SMARTS) is 1. The molecule has 1 aromatic carbocycles. The van der Waals surface area contributed by atoms with E-state index in [1.54, 1.807) is 24.5 Å². The summed E-state index contributed by atoms with van der Waals surface area (Å²) in [6.45, 7) is 0. The fraction of sp³-hybridized carbons (Fsp3) is 0.133. The van der Waals surface area contributed by atoms with Gasteiger partial charge in [-0.3, -0.25) is 9.78 Å². The van der Waals surface area contributed by atoms with Crippen molar-refractivity contribution in [3.05, 3.63) is 53.9 Å². The Morgan fingerprint density at radius 1 is 1.33 bits per heavy atom. The topological polar surface area (TPSA) is 88.5 Å². The molecule has 0 saturated heterocycles. The average Bonchev–Trinajstić information content (AvgIpc) is 2.47. The fourth-order valence-electron chi connectivity index (χ4n) is 1.82. The Labute approximate surface area is 121 Å². The molecule has 0 radical (unpaired) electrons. The number of benzene rings is 1. The van der Waals surface area contributed by atoms with Gasteiger partial charge in [0, 0.05) is 18.5 Å². The summed E-state index contributed by atoms with van der Waals surface area (Å²) >= 11 is 0. The highest BCUT2D eigenvalue weighted by molar-refractivity contribution is 6.01. The normalized spacial score (nSPS) is 9.95. The molecule has 6 nitrogen and oxygen atoms in total. The molecule has 6 heteroatoms. The van der Waals surface area contributed by atoms with Crippen LogP contribution >= 0.6 is 0 Å². The Morgan fingerprint density at radius 3 is 2.76 bits per heavy atom. The zero-order valence-corrected chi connectivity index (χ0v) is 11.4. The SMILES string of the molecule is COc1ccc(C(=O)O)c(NC(=O)Cc2cccnc2)c1. The fourth-order valence-corrected chi connectivity index (χ4v) is 1.82. The molecule has 2 N–H and O–H groups in total. The second-order valence-electron chi connectivity index (χ2n) is 4.30. The van der Waals surface area contributed by atoms with Crippen LogP contribution in [0, 0.1) is 0 Å². The van der Waals surface area contributed by atoms with E-state index in [4.69, 9.17) is 9.84 Å². The first kappa shape index (κ1) is 14.5. The maximum Gasteiger partial charge on any atom is 0.337 e. The van der Waals surface area contributed by atoms with E-state index in [1.165, 1.54) is 25.3 Å². The molecule has 0 aliphatic heterocycles. The van der Waals surface area contributed by atoms with Crippen molar-refractivity contribution in [3.63, 3.8) is 0 Å². The molecular formula is C15H14N2O4. The van der Waals surface area contributed by atoms with E-state index in [-0.39, 0.29) is 23.6 Å². The summed E-state index contributed by atoms with van der Waals surface area (Å²) < 4.78 is 5.04. The monoisotopic (exact) mass is 286 g/mol. The van der Waals surface area contributed by atoms with E-state index >= 15 is 0 Å². The molecule has 2 aromatic rings. The molecule has 1 amide bonds. The molecule has 0 spiro atoms. The second-order valence-corrected chi connectivity index (χ2v) is 4.30. The number of methoxy groups -OCH3 is 1. The maximum absolute atomic E-state index is 12.0. The van der Waals surface area contributed by atoms with Crippen LogP contribution in [-0.2, 0) is 11.2 Å². The number of pyridine rings is 1. The molecule has 1 heterocycles. The zero-order chi connectivity index (χ0) is 15.2. The number of rotatable bonds is 5. The first-order valence-corrected chi connectivity index (χ1v) is 6.20. The van der Waals surface area contributed by atoms with Gasteiger partial charge in [-0.1, -0.05) is 6.07 Å². The van der Waals surface area contributed by atoms with E-state index < -0.39 is 5.97 Å². The van der Waals surface area contributed by atoms with Crippen molar-refractivity contribution in [2.24, 2.45) is 0 Å². The third-order valence-corrected chi connectivity index (χ3v) is 2.82. The minimum absolute atomic E-state index is 0.00957. The molecule has 0 aliphatic carbocycles. The van der Waals surface area contributed by atoms with Gasteiger partial charge in [0.15, 0.2) is 0 Å². The first-order chi connectivity index (χ1) is 10.1. The van der Waals surface area contributed by atoms with Gasteiger partial charge in [-0.25, -0.2) is 4.79 Å². The third-order valence-electron chi connectivity index (χ3n) is 2.82. The highest BCUT2D eigenvalue weighted by Gasteiger charge is 2.14. The molecule has 0 atom stereocenters. The Balaban J connectivity index is 2.17. The Kier molecular flexibility index (Phi) is 4.50. The molecule has 0 fully saturated rings. The molecule has 0 aliphatic rings. The van der Waals surface area contributed by atoms with Gasteiger partial charge >= 0.3 is 5.97 Å². The summed E-state index contributed by atoms with van der Waals surface area (Å²) in [5.41, 5.74) is 0.959. The van der Waals surface area contributed by atoms with Crippen LogP contribution in [0.5, 0.6) is 5.75 Å². The minimum atomic E-state index is -1.12. The van der Waals surface area contributed by atoms with Crippen molar-refractivity contribution in [2.45, 2.75) is 6.42 Å². The van der Waals surface area contributed by atoms with E-state index in [9.17, 15) is 9.59 Å². The standard InChI is InChI=1S/C15H14N2O4/c1-21-11-4-5-12(15(19)20)13(8-11)17-14(18)7-10-3-2-6-16-9-10/h2-6,8-9H,7H2,1H3,(H,17,18)(H,19,20). The van der Waals surface area contributed by atoms with E-state index in [0.717, 1.165) is 5.56 Å². The molecule has 2 rings (SSSR count). The van der Waals surface area contributed by atoms with Crippen LogP contribution in [0.3, 0.4) is 0 Å². The highest BCUT2D eigenvalue weighted by Crippen LogP contribution is 2.22. The summed E-state index contributed by atoms with van der Waals surface area (Å²) in [5, 5.41) is 11.7. The Hall–Kier alpha value is -2.89. The number of carbonyl (C=O) groups excluding carboxylic acids is 1. The van der Waals surface area contributed by atoms with Crippen molar-refractivity contribution in [2.75, 3.05) is 12.4 Å². The summed E-state index contributed by atoms with van der Waals surface area (Å²) in [7, 11) is 1.47. The van der Waals surface area contributed by atoms with Gasteiger partial charge < -0.3 is 15.2 Å². The molecule has 21 heavy (non-hydrogen) atoms. The van der Waals surface area contributed by atoms with Gasteiger partial charge in [0.25, 0.3) is 0 Å². The lowest BCUT2D eigenvalue weighted by atomic mass is 10.1. The molecule has 1 aromatic heterocycles. The van der Waals surface area contributed by atoms with Crippen LogP contribution in [0.15, 0.2) is 42.7 Å². The predicted octanol–water partition coefficient (Wildman–Crippen LogP) is 1.97. The minimum Gasteiger partial charge on any atom is -0.497 e. The van der Waals surface area contributed by atoms with Gasteiger partial charge in [0.2, 0.25) is 5.91 Å². The van der Waals surface area contributed by atoms with Gasteiger partial charge in [0.05, 0.1) is 24.8 Å². The zero-order valence-electron chi connectivity index (χ0n) is 11.4. The first-order valence-electron chi connectivity index (χ1n) is 6.20. The molecule has 0 unspecified atom stereocenters. The number of aromatic nitrogens is 1. The quantitative estimate of drug-likeness (QED) is 0.877. The van der Waals surface area contributed by atoms with Crippen molar-refractivity contribution in [1.82, 2.24) is 4.98 Å². The Morgan fingerprint density at radius 2 is 2.14 bits per heavy atom. The highest BCUT2D eigenvalue weighted by atomic mass is 16.5. The molecular weight excluding hydrogens is 272 g/mol. The number of nitrogens with one attached hydrogen (secondary N) is 1. The van der Waals surface area contributed by atoms with Crippen LogP contribution in [0.1, 0.15) is 15.9 Å². The number of ether oxygens (including phenoxy) is 1. The van der Waals surface area contributed by atoms with Crippen LogP contribution < -0.4 is 10.1 Å². The van der Waals surface area contributed by atoms with E-state index in [2.05, 4.69) is 10.3 Å². The summed E-state index contributed by atoms with van der Waals surface area (Å²) in [6.07, 6.45) is 3.32. The number of nitrogens with zero attached hydrogens (tertiary/aromatic N) is 1. The van der Waals surface area contributed by atoms with Crippen molar-refractivity contribution >= 4 is 17.6 Å². The van der Waals surface area contributed by atoms with Crippen LogP contribution in [0.25, 0.3) is 0 Å². The lowest BCUT2D eigenvalue weighted by Crippen LogP contribution is -2.17. The number of amides is 1. The number of carboxylic acids is 1. The van der Waals surface area contributed by atoms with Crippen LogP contribution in [-0.4, -0.2) is 29.1 Å². The van der Waals surface area contributed by atoms with Gasteiger partial charge in [-0.05, 0) is 23.8 Å². The van der Waals surface area contributed by atoms with Gasteiger partial charge in [-0.15, -0.1) is 0 Å². The number of anilines is 1. The average molecular weight is 286 g/mol. The third kappa shape index (κ3) is 3.79. The molecule has 0 saturated carbocycles. The summed E-state index contributed by atoms with van der Waals surface area (Å²) in [6, 6.07) is 7.90. The lowest BCUT2D eigenvalue weighted by molar-refractivity contribution is -0.115. The number of carbonyl (C=O) groups is 2. The van der Waals surface area contributed by atoms with Gasteiger partial charge in [0.1, 0.15) is 5.75 Å². The smallest absolute Gasteiger partial charge is 0.337 e. The van der Waals surface area contributed by atoms with E-state index in [1.807, 2.05) is 0 Å². The predicted molar refractivity (Wildman–Crippen MR) is 76.5 cm³/mol. The largest absolute Gasteiger partial charge is 0.497 e. The Bertz CT molecular complexity index is 656. The molecule has 108 valence electrons. The maximum atomic E-state index is 12.0. The summed E-state index contributed by atoms with van der Waals surface area (Å²) in [4.78, 5) is 27.1. The number of hydrogen-bond donors (Lipinski definition) is 2. The lowest BCUT2D eigenvalue weighted by Gasteiger charge is -2.10. The van der Waals surface area contributed by atoms with Crippen LogP contribution in [0.4, 0.5) is 5.69 Å². The van der Waals surface area contributed by atoms with Crippen molar-refractivity contribution < 1.29 is 19.4 Å². The number of aromatic carboxylic acids is 1. The van der Waals surface area contributed by atoms with Gasteiger partial charge in [-0.2, -0.15) is 0 Å². The molecule has 0 bridgehead atoms.